The summed E-state index contributed by atoms with van der Waals surface area (Å²) in [6, 6.07) is 9.59. The standard InChI is InChI=1S/C19H29N3O4/c1-19(2,3)22(18(24)25)12-11-21-10-9-16(13-21)20-17(23)26-14-15-7-5-4-6-8-15/h4-8,16H,9-14H2,1-3H3,(H,20,23)(H,24,25)/t16-/m1/s1. The number of likely N-dealkylation sites (tertiary alicyclic amines) is 1. The zero-order valence-electron chi connectivity index (χ0n) is 15.8. The number of ether oxygens (including phenoxy) is 1. The molecule has 2 rings (SSSR count). The lowest BCUT2D eigenvalue weighted by Gasteiger charge is -2.34. The smallest absolute Gasteiger partial charge is 0.407 e. The van der Waals surface area contributed by atoms with Gasteiger partial charge >= 0.3 is 12.2 Å². The first kappa shape index (κ1) is 20.0. The summed E-state index contributed by atoms with van der Waals surface area (Å²) in [7, 11) is 0. The molecule has 1 aromatic rings. The number of alkyl carbamates (subject to hydrolysis) is 1. The molecule has 1 aromatic carbocycles. The van der Waals surface area contributed by atoms with E-state index in [9.17, 15) is 14.7 Å². The lowest BCUT2D eigenvalue weighted by Crippen LogP contribution is -2.48. The third kappa shape index (κ3) is 6.22. The summed E-state index contributed by atoms with van der Waals surface area (Å²) in [5.74, 6) is 0. The van der Waals surface area contributed by atoms with Gasteiger partial charge in [0.05, 0.1) is 0 Å². The van der Waals surface area contributed by atoms with Crippen molar-refractivity contribution in [3.05, 3.63) is 35.9 Å². The third-order valence-corrected chi connectivity index (χ3v) is 4.49. The highest BCUT2D eigenvalue weighted by molar-refractivity contribution is 5.67. The van der Waals surface area contributed by atoms with Crippen molar-refractivity contribution in [1.82, 2.24) is 15.1 Å². The van der Waals surface area contributed by atoms with Crippen LogP contribution < -0.4 is 5.32 Å². The van der Waals surface area contributed by atoms with Crippen LogP contribution in [-0.2, 0) is 11.3 Å². The van der Waals surface area contributed by atoms with E-state index in [0.717, 1.165) is 18.5 Å². The van der Waals surface area contributed by atoms with E-state index in [1.165, 1.54) is 4.90 Å². The van der Waals surface area contributed by atoms with Gasteiger partial charge in [0.1, 0.15) is 6.61 Å². The highest BCUT2D eigenvalue weighted by atomic mass is 16.5. The van der Waals surface area contributed by atoms with Crippen molar-refractivity contribution in [2.45, 2.75) is 45.4 Å². The van der Waals surface area contributed by atoms with Crippen LogP contribution in [0.4, 0.5) is 9.59 Å². The molecule has 0 bridgehead atoms. The quantitative estimate of drug-likeness (QED) is 0.812. The van der Waals surface area contributed by atoms with Gasteiger partial charge in [-0.25, -0.2) is 9.59 Å². The molecule has 0 aliphatic carbocycles. The molecule has 0 radical (unpaired) electrons. The molecule has 2 N–H and O–H groups in total. The summed E-state index contributed by atoms with van der Waals surface area (Å²) in [4.78, 5) is 26.9. The fourth-order valence-corrected chi connectivity index (χ4v) is 3.04. The SMILES string of the molecule is CC(C)(C)N(CCN1CC[C@@H](NC(=O)OCc2ccccc2)C1)C(=O)O. The van der Waals surface area contributed by atoms with Gasteiger partial charge in [0.15, 0.2) is 0 Å². The number of carbonyl (C=O) groups excluding carboxylic acids is 1. The lowest BCUT2D eigenvalue weighted by molar-refractivity contribution is 0.0931. The average Bonchev–Trinajstić information content (AvgIpc) is 3.00. The molecule has 1 aliphatic rings. The average molecular weight is 363 g/mol. The van der Waals surface area contributed by atoms with Gasteiger partial charge in [0.2, 0.25) is 0 Å². The van der Waals surface area contributed by atoms with Crippen molar-refractivity contribution in [2.75, 3.05) is 26.2 Å². The fraction of sp³-hybridized carbons (Fsp3) is 0.579. The number of nitrogens with zero attached hydrogens (tertiary/aromatic N) is 2. The Morgan fingerprint density at radius 2 is 2.00 bits per heavy atom. The van der Waals surface area contributed by atoms with Gasteiger partial charge in [-0.15, -0.1) is 0 Å². The maximum absolute atomic E-state index is 11.9. The normalized spacial score (nSPS) is 17.7. The van der Waals surface area contributed by atoms with Gasteiger partial charge in [-0.05, 0) is 32.8 Å². The molecular formula is C19H29N3O4. The van der Waals surface area contributed by atoms with E-state index in [-0.39, 0.29) is 12.6 Å². The Morgan fingerprint density at radius 1 is 1.31 bits per heavy atom. The molecule has 26 heavy (non-hydrogen) atoms. The second-order valence-corrected chi connectivity index (χ2v) is 7.60. The number of hydrogen-bond acceptors (Lipinski definition) is 4. The summed E-state index contributed by atoms with van der Waals surface area (Å²) in [6.07, 6.45) is -0.485. The molecule has 0 aromatic heterocycles. The number of hydrogen-bond donors (Lipinski definition) is 2. The maximum Gasteiger partial charge on any atom is 0.407 e. The highest BCUT2D eigenvalue weighted by Crippen LogP contribution is 2.15. The van der Waals surface area contributed by atoms with Crippen molar-refractivity contribution in [2.24, 2.45) is 0 Å². The first-order valence-corrected chi connectivity index (χ1v) is 8.96. The monoisotopic (exact) mass is 363 g/mol. The Labute approximate surface area is 154 Å². The molecule has 1 atom stereocenters. The minimum absolute atomic E-state index is 0.0335. The van der Waals surface area contributed by atoms with E-state index in [1.54, 1.807) is 0 Å². The molecule has 0 saturated carbocycles. The minimum atomic E-state index is -0.907. The molecule has 1 heterocycles. The summed E-state index contributed by atoms with van der Waals surface area (Å²) < 4.78 is 5.25. The predicted octanol–water partition coefficient (Wildman–Crippen LogP) is 2.77. The van der Waals surface area contributed by atoms with Gasteiger partial charge in [0, 0.05) is 37.8 Å². The number of amides is 2. The number of benzene rings is 1. The van der Waals surface area contributed by atoms with Crippen molar-refractivity contribution in [3.8, 4) is 0 Å². The Balaban J connectivity index is 1.71. The zero-order chi connectivity index (χ0) is 19.2. The van der Waals surface area contributed by atoms with Crippen LogP contribution in [-0.4, -0.2) is 64.9 Å². The summed E-state index contributed by atoms with van der Waals surface area (Å²) in [5.41, 5.74) is 0.524. The van der Waals surface area contributed by atoms with Gasteiger partial charge < -0.3 is 20.1 Å². The Hall–Kier alpha value is -2.28. The fourth-order valence-electron chi connectivity index (χ4n) is 3.04. The molecule has 7 nitrogen and oxygen atoms in total. The molecule has 0 unspecified atom stereocenters. The van der Waals surface area contributed by atoms with E-state index in [0.29, 0.717) is 19.6 Å². The van der Waals surface area contributed by atoms with E-state index >= 15 is 0 Å². The first-order valence-electron chi connectivity index (χ1n) is 8.96. The molecule has 0 spiro atoms. The van der Waals surface area contributed by atoms with Crippen molar-refractivity contribution in [3.63, 3.8) is 0 Å². The Kier molecular flexibility index (Phi) is 6.85. The molecule has 144 valence electrons. The van der Waals surface area contributed by atoms with Crippen LogP contribution in [0.25, 0.3) is 0 Å². The summed E-state index contributed by atoms with van der Waals surface area (Å²) in [5, 5.41) is 12.2. The largest absolute Gasteiger partial charge is 0.465 e. The second kappa shape index (κ2) is 8.89. The van der Waals surface area contributed by atoms with Crippen LogP contribution in [0.3, 0.4) is 0 Å². The summed E-state index contributed by atoms with van der Waals surface area (Å²) >= 11 is 0. The summed E-state index contributed by atoms with van der Waals surface area (Å²) in [6.45, 7) is 8.56. The Morgan fingerprint density at radius 3 is 2.62 bits per heavy atom. The molecule has 1 fully saturated rings. The molecule has 1 aliphatic heterocycles. The number of nitrogens with one attached hydrogen (secondary N) is 1. The highest BCUT2D eigenvalue weighted by Gasteiger charge is 2.29. The van der Waals surface area contributed by atoms with Crippen molar-refractivity contribution >= 4 is 12.2 Å². The number of rotatable bonds is 6. The Bertz CT molecular complexity index is 601. The minimum Gasteiger partial charge on any atom is -0.465 e. The lowest BCUT2D eigenvalue weighted by atomic mass is 10.1. The van der Waals surface area contributed by atoms with Gasteiger partial charge in [-0.1, -0.05) is 30.3 Å². The molecule has 2 amide bonds. The van der Waals surface area contributed by atoms with Crippen LogP contribution >= 0.6 is 0 Å². The van der Waals surface area contributed by atoms with Crippen LogP contribution in [0.2, 0.25) is 0 Å². The van der Waals surface area contributed by atoms with Crippen LogP contribution in [0.1, 0.15) is 32.8 Å². The van der Waals surface area contributed by atoms with E-state index in [4.69, 9.17) is 4.74 Å². The van der Waals surface area contributed by atoms with E-state index in [2.05, 4.69) is 10.2 Å². The molecule has 7 heteroatoms. The van der Waals surface area contributed by atoms with E-state index < -0.39 is 17.7 Å². The van der Waals surface area contributed by atoms with Gasteiger partial charge in [-0.3, -0.25) is 4.90 Å². The maximum atomic E-state index is 11.9. The van der Waals surface area contributed by atoms with Crippen molar-refractivity contribution in [1.29, 1.82) is 0 Å². The topological polar surface area (TPSA) is 82.1 Å². The van der Waals surface area contributed by atoms with Gasteiger partial charge in [0.25, 0.3) is 0 Å². The first-order chi connectivity index (χ1) is 12.3. The van der Waals surface area contributed by atoms with Crippen LogP contribution in [0.5, 0.6) is 0 Å². The molecule has 1 saturated heterocycles. The second-order valence-electron chi connectivity index (χ2n) is 7.60. The number of carbonyl (C=O) groups is 2. The zero-order valence-corrected chi connectivity index (χ0v) is 15.8. The van der Waals surface area contributed by atoms with E-state index in [1.807, 2.05) is 51.1 Å². The van der Waals surface area contributed by atoms with Gasteiger partial charge in [-0.2, -0.15) is 0 Å². The van der Waals surface area contributed by atoms with Crippen LogP contribution in [0, 0.1) is 0 Å². The van der Waals surface area contributed by atoms with Crippen LogP contribution in [0.15, 0.2) is 30.3 Å². The van der Waals surface area contributed by atoms with Crippen molar-refractivity contribution < 1.29 is 19.4 Å². The predicted molar refractivity (Wildman–Crippen MR) is 99.1 cm³/mol. The number of carboxylic acid groups (broad SMARTS) is 1. The molecular weight excluding hydrogens is 334 g/mol. The third-order valence-electron chi connectivity index (χ3n) is 4.49.